The zero-order valence-corrected chi connectivity index (χ0v) is 13.0. The molecule has 19 heavy (non-hydrogen) atoms. The van der Waals surface area contributed by atoms with Crippen LogP contribution in [0.5, 0.6) is 0 Å². The molecule has 2 heterocycles. The van der Waals surface area contributed by atoms with Gasteiger partial charge in [-0.3, -0.25) is 0 Å². The zero-order valence-electron chi connectivity index (χ0n) is 12.1. The number of nitrogens with one attached hydrogen (secondary N) is 1. The second-order valence-electron chi connectivity index (χ2n) is 5.12. The van der Waals surface area contributed by atoms with Crippen LogP contribution < -0.4 is 5.32 Å². The van der Waals surface area contributed by atoms with Gasteiger partial charge in [0, 0.05) is 15.8 Å². The van der Waals surface area contributed by atoms with E-state index in [0.29, 0.717) is 12.6 Å². The number of aromatic nitrogens is 4. The van der Waals surface area contributed by atoms with Gasteiger partial charge in [-0.1, -0.05) is 13.8 Å². The van der Waals surface area contributed by atoms with Crippen LogP contribution in [-0.2, 0) is 6.54 Å². The first kappa shape index (κ1) is 14.1. The quantitative estimate of drug-likeness (QED) is 0.913. The summed E-state index contributed by atoms with van der Waals surface area (Å²) in [7, 11) is 0. The fourth-order valence-corrected chi connectivity index (χ4v) is 3.14. The highest BCUT2D eigenvalue weighted by molar-refractivity contribution is 7.12. The van der Waals surface area contributed by atoms with Crippen molar-refractivity contribution in [3.63, 3.8) is 0 Å². The molecule has 2 rings (SSSR count). The molecule has 0 amide bonds. The standard InChI is InChI=1S/C13H21N5S/c1-8(2)14-7-13-15-16-17-18(13)10(4)12-6-9(3)19-11(12)5/h6,8,10,14H,7H2,1-5H3. The van der Waals surface area contributed by atoms with Gasteiger partial charge in [0.2, 0.25) is 0 Å². The molecule has 6 heteroatoms. The molecule has 2 aromatic rings. The lowest BCUT2D eigenvalue weighted by molar-refractivity contribution is 0.490. The molecule has 0 aliphatic heterocycles. The second-order valence-corrected chi connectivity index (χ2v) is 6.58. The average molecular weight is 279 g/mol. The van der Waals surface area contributed by atoms with E-state index in [0.717, 1.165) is 5.82 Å². The number of nitrogens with zero attached hydrogens (tertiary/aromatic N) is 4. The molecular formula is C13H21N5S. The third-order valence-corrected chi connectivity index (χ3v) is 4.11. The predicted molar refractivity (Wildman–Crippen MR) is 77.4 cm³/mol. The summed E-state index contributed by atoms with van der Waals surface area (Å²) in [6.07, 6.45) is 0. The molecular weight excluding hydrogens is 258 g/mol. The first-order valence-corrected chi connectivity index (χ1v) is 7.37. The molecule has 0 aliphatic rings. The molecule has 1 unspecified atom stereocenters. The van der Waals surface area contributed by atoms with Crippen LogP contribution in [0.1, 0.15) is 48.0 Å². The largest absolute Gasteiger partial charge is 0.308 e. The summed E-state index contributed by atoms with van der Waals surface area (Å²) in [5, 5.41) is 15.4. The summed E-state index contributed by atoms with van der Waals surface area (Å²) in [5.41, 5.74) is 1.31. The Bertz CT molecular complexity index is 543. The van der Waals surface area contributed by atoms with Gasteiger partial charge in [0.1, 0.15) is 0 Å². The van der Waals surface area contributed by atoms with E-state index >= 15 is 0 Å². The Kier molecular flexibility index (Phi) is 4.31. The topological polar surface area (TPSA) is 55.6 Å². The zero-order chi connectivity index (χ0) is 14.0. The normalized spacial score (nSPS) is 13.2. The fourth-order valence-electron chi connectivity index (χ4n) is 2.12. The van der Waals surface area contributed by atoms with Crippen LogP contribution >= 0.6 is 11.3 Å². The Balaban J connectivity index is 2.22. The maximum Gasteiger partial charge on any atom is 0.165 e. The van der Waals surface area contributed by atoms with Crippen molar-refractivity contribution < 1.29 is 0 Å². The predicted octanol–water partition coefficient (Wildman–Crippen LogP) is 2.46. The lowest BCUT2D eigenvalue weighted by atomic mass is 10.1. The van der Waals surface area contributed by atoms with Crippen molar-refractivity contribution in [2.45, 2.75) is 53.2 Å². The van der Waals surface area contributed by atoms with Crippen molar-refractivity contribution in [3.8, 4) is 0 Å². The second kappa shape index (κ2) is 5.79. The SMILES string of the molecule is Cc1cc(C(C)n2nnnc2CNC(C)C)c(C)s1. The number of aryl methyl sites for hydroxylation is 2. The fraction of sp³-hybridized carbons (Fsp3) is 0.615. The number of tetrazole rings is 1. The minimum absolute atomic E-state index is 0.170. The van der Waals surface area contributed by atoms with Crippen molar-refractivity contribution >= 4 is 11.3 Å². The maximum absolute atomic E-state index is 4.14. The van der Waals surface area contributed by atoms with Crippen LogP contribution in [0.2, 0.25) is 0 Å². The van der Waals surface area contributed by atoms with Gasteiger partial charge < -0.3 is 5.32 Å². The van der Waals surface area contributed by atoms with Gasteiger partial charge in [-0.15, -0.1) is 16.4 Å². The average Bonchev–Trinajstić information content (AvgIpc) is 2.92. The summed E-state index contributed by atoms with van der Waals surface area (Å²) in [5.74, 6) is 0.879. The Morgan fingerprint density at radius 1 is 1.32 bits per heavy atom. The van der Waals surface area contributed by atoms with Crippen molar-refractivity contribution in [2.24, 2.45) is 0 Å². The summed E-state index contributed by atoms with van der Waals surface area (Å²) in [4.78, 5) is 2.66. The molecule has 104 valence electrons. The van der Waals surface area contributed by atoms with Gasteiger partial charge in [-0.25, -0.2) is 4.68 Å². The Morgan fingerprint density at radius 2 is 2.05 bits per heavy atom. The molecule has 0 spiro atoms. The van der Waals surface area contributed by atoms with Gasteiger partial charge in [-0.2, -0.15) is 0 Å². The lowest BCUT2D eigenvalue weighted by Gasteiger charge is -2.14. The molecule has 0 saturated carbocycles. The summed E-state index contributed by atoms with van der Waals surface area (Å²) >= 11 is 1.82. The van der Waals surface area contributed by atoms with Crippen molar-refractivity contribution in [1.29, 1.82) is 0 Å². The highest BCUT2D eigenvalue weighted by atomic mass is 32.1. The number of hydrogen-bond donors (Lipinski definition) is 1. The van der Waals surface area contributed by atoms with Crippen LogP contribution in [0.25, 0.3) is 0 Å². The van der Waals surface area contributed by atoms with E-state index in [1.807, 2.05) is 16.0 Å². The van der Waals surface area contributed by atoms with E-state index in [-0.39, 0.29) is 6.04 Å². The number of rotatable bonds is 5. The number of thiophene rings is 1. The van der Waals surface area contributed by atoms with E-state index in [9.17, 15) is 0 Å². The van der Waals surface area contributed by atoms with Crippen molar-refractivity contribution in [3.05, 3.63) is 27.2 Å². The third-order valence-electron chi connectivity index (χ3n) is 3.13. The van der Waals surface area contributed by atoms with Crippen molar-refractivity contribution in [2.75, 3.05) is 0 Å². The van der Waals surface area contributed by atoms with Gasteiger partial charge >= 0.3 is 0 Å². The summed E-state index contributed by atoms with van der Waals surface area (Å²) in [6.45, 7) is 11.4. The highest BCUT2D eigenvalue weighted by Crippen LogP contribution is 2.28. The lowest BCUT2D eigenvalue weighted by Crippen LogP contribution is -2.25. The van der Waals surface area contributed by atoms with Gasteiger partial charge in [-0.05, 0) is 42.8 Å². The highest BCUT2D eigenvalue weighted by Gasteiger charge is 2.18. The van der Waals surface area contributed by atoms with Gasteiger partial charge in [0.05, 0.1) is 12.6 Å². The minimum Gasteiger partial charge on any atom is -0.308 e. The molecule has 0 aliphatic carbocycles. The Labute approximate surface area is 118 Å². The third kappa shape index (κ3) is 3.19. The summed E-state index contributed by atoms with van der Waals surface area (Å²) in [6, 6.07) is 2.82. The minimum atomic E-state index is 0.170. The first-order chi connectivity index (χ1) is 8.99. The van der Waals surface area contributed by atoms with E-state index in [4.69, 9.17) is 0 Å². The van der Waals surface area contributed by atoms with Crippen LogP contribution in [0.4, 0.5) is 0 Å². The maximum atomic E-state index is 4.14. The Hall–Kier alpha value is -1.27. The van der Waals surface area contributed by atoms with E-state index in [2.05, 4.69) is 61.5 Å². The van der Waals surface area contributed by atoms with Gasteiger partial charge in [0.25, 0.3) is 0 Å². The molecule has 0 fully saturated rings. The smallest absolute Gasteiger partial charge is 0.165 e. The van der Waals surface area contributed by atoms with E-state index in [1.54, 1.807) is 0 Å². The van der Waals surface area contributed by atoms with E-state index in [1.165, 1.54) is 15.3 Å². The number of hydrogen-bond acceptors (Lipinski definition) is 5. The molecule has 5 nitrogen and oxygen atoms in total. The van der Waals surface area contributed by atoms with Gasteiger partial charge in [0.15, 0.2) is 5.82 Å². The molecule has 1 N–H and O–H groups in total. The van der Waals surface area contributed by atoms with Crippen molar-refractivity contribution in [1.82, 2.24) is 25.5 Å². The van der Waals surface area contributed by atoms with Crippen LogP contribution in [0.3, 0.4) is 0 Å². The molecule has 0 bridgehead atoms. The van der Waals surface area contributed by atoms with Crippen LogP contribution in [-0.4, -0.2) is 26.2 Å². The summed E-state index contributed by atoms with van der Waals surface area (Å²) < 4.78 is 1.91. The van der Waals surface area contributed by atoms with Crippen LogP contribution in [0, 0.1) is 13.8 Å². The molecule has 2 aromatic heterocycles. The Morgan fingerprint density at radius 3 is 2.63 bits per heavy atom. The first-order valence-electron chi connectivity index (χ1n) is 6.56. The molecule has 1 atom stereocenters. The van der Waals surface area contributed by atoms with E-state index < -0.39 is 0 Å². The van der Waals surface area contributed by atoms with Crippen LogP contribution in [0.15, 0.2) is 6.07 Å². The molecule has 0 saturated heterocycles. The monoisotopic (exact) mass is 279 g/mol. The molecule has 0 aromatic carbocycles. The molecule has 0 radical (unpaired) electrons.